The molecule has 21 heavy (non-hydrogen) atoms. The Hall–Kier alpha value is -1.25. The first-order valence-corrected chi connectivity index (χ1v) is 7.96. The van der Waals surface area contributed by atoms with E-state index in [1.807, 2.05) is 0 Å². The fourth-order valence-corrected chi connectivity index (χ4v) is 2.03. The molecule has 0 radical (unpaired) electrons. The number of aromatic nitrogens is 2. The minimum absolute atomic E-state index is 0.296. The van der Waals surface area contributed by atoms with Crippen LogP contribution in [0.25, 0.3) is 0 Å². The average molecular weight is 322 g/mol. The quantitative estimate of drug-likeness (QED) is 0.588. The van der Waals surface area contributed by atoms with Crippen molar-refractivity contribution in [3.05, 3.63) is 33.1 Å². The normalized spacial score (nSPS) is 14.9. The number of rotatable bonds is 8. The summed E-state index contributed by atoms with van der Waals surface area (Å²) < 4.78 is 21.9. The van der Waals surface area contributed by atoms with Gasteiger partial charge < -0.3 is 14.5 Å². The number of phosphoric ester groups is 1. The molecule has 1 heterocycles. The Morgan fingerprint density at radius 3 is 2.48 bits per heavy atom. The van der Waals surface area contributed by atoms with Gasteiger partial charge in [-0.25, -0.2) is 9.36 Å². The van der Waals surface area contributed by atoms with E-state index in [1.165, 1.54) is 16.8 Å². The number of ether oxygens (including phenoxy) is 1. The number of phosphoric acid groups is 1. The molecule has 0 aromatic carbocycles. The lowest BCUT2D eigenvalue weighted by Crippen LogP contribution is -2.34. The maximum Gasteiger partial charge on any atom is 0.469 e. The van der Waals surface area contributed by atoms with Crippen molar-refractivity contribution in [1.82, 2.24) is 9.55 Å². The van der Waals surface area contributed by atoms with E-state index in [0.717, 1.165) is 0 Å². The van der Waals surface area contributed by atoms with Crippen molar-refractivity contribution in [2.75, 3.05) is 6.61 Å². The third kappa shape index (κ3) is 5.94. The van der Waals surface area contributed by atoms with Crippen molar-refractivity contribution in [1.29, 1.82) is 0 Å². The van der Waals surface area contributed by atoms with Gasteiger partial charge in [0, 0.05) is 12.3 Å². The molecule has 10 heteroatoms. The van der Waals surface area contributed by atoms with Gasteiger partial charge in [-0.05, 0) is 12.8 Å². The highest BCUT2D eigenvalue weighted by Gasteiger charge is 2.21. The molecule has 0 bridgehead atoms. The van der Waals surface area contributed by atoms with Crippen molar-refractivity contribution in [3.8, 4) is 0 Å². The predicted molar refractivity (Wildman–Crippen MR) is 73.8 cm³/mol. The van der Waals surface area contributed by atoms with E-state index in [1.54, 1.807) is 13.8 Å². The molecule has 2 atom stereocenters. The van der Waals surface area contributed by atoms with Gasteiger partial charge in [-0.15, -0.1) is 0 Å². The van der Waals surface area contributed by atoms with E-state index in [4.69, 9.17) is 14.5 Å². The number of hydrogen-bond donors (Lipinski definition) is 3. The number of nitrogens with one attached hydrogen (secondary N) is 1. The molecular formula is C11H19N2O7P. The summed E-state index contributed by atoms with van der Waals surface area (Å²) >= 11 is 0. The van der Waals surface area contributed by atoms with Crippen molar-refractivity contribution < 1.29 is 23.6 Å². The monoisotopic (exact) mass is 322 g/mol. The molecule has 1 aromatic rings. The van der Waals surface area contributed by atoms with Gasteiger partial charge >= 0.3 is 13.5 Å². The molecule has 0 saturated carbocycles. The lowest BCUT2D eigenvalue weighted by molar-refractivity contribution is -0.0782. The van der Waals surface area contributed by atoms with Crippen LogP contribution in [0.2, 0.25) is 0 Å². The number of H-pyrrole nitrogens is 1. The molecular weight excluding hydrogens is 303 g/mol. The molecule has 0 aliphatic carbocycles. The maximum atomic E-state index is 11.7. The van der Waals surface area contributed by atoms with Crippen LogP contribution in [0.5, 0.6) is 0 Å². The number of hydrogen-bond acceptors (Lipinski definition) is 5. The van der Waals surface area contributed by atoms with Gasteiger partial charge in [0.05, 0.1) is 12.7 Å². The van der Waals surface area contributed by atoms with E-state index in [-0.39, 0.29) is 6.61 Å². The standard InChI is InChI=1S/C11H19N2O7P/c1-3-8(7-19-21(16,17)18)20-10(4-2)13-6-5-9(14)12-11(13)15/h5-6,8,10H,3-4,7H2,1-2H3,(H,12,14,15)(H2,16,17,18)/t8-,10+/m0/s1. The Morgan fingerprint density at radius 2 is 2.00 bits per heavy atom. The Bertz CT molecular complexity index is 605. The highest BCUT2D eigenvalue weighted by Crippen LogP contribution is 2.36. The van der Waals surface area contributed by atoms with Crippen LogP contribution < -0.4 is 11.2 Å². The summed E-state index contributed by atoms with van der Waals surface area (Å²) in [5.74, 6) is 0. The lowest BCUT2D eigenvalue weighted by Gasteiger charge is -2.24. The third-order valence-electron chi connectivity index (χ3n) is 2.74. The van der Waals surface area contributed by atoms with Crippen LogP contribution in [0.1, 0.15) is 32.9 Å². The Labute approximate surface area is 120 Å². The number of nitrogens with zero attached hydrogens (tertiary/aromatic N) is 1. The van der Waals surface area contributed by atoms with E-state index < -0.39 is 31.4 Å². The minimum atomic E-state index is -4.57. The van der Waals surface area contributed by atoms with Crippen molar-refractivity contribution in [3.63, 3.8) is 0 Å². The van der Waals surface area contributed by atoms with Gasteiger partial charge in [-0.3, -0.25) is 18.9 Å². The molecule has 1 rings (SSSR count). The van der Waals surface area contributed by atoms with E-state index in [9.17, 15) is 14.2 Å². The first kappa shape index (κ1) is 17.8. The van der Waals surface area contributed by atoms with Crippen LogP contribution in [0, 0.1) is 0 Å². The summed E-state index contributed by atoms with van der Waals surface area (Å²) in [6.07, 6.45) is 0.917. The highest BCUT2D eigenvalue weighted by atomic mass is 31.2. The minimum Gasteiger partial charge on any atom is -0.352 e. The molecule has 0 aliphatic heterocycles. The van der Waals surface area contributed by atoms with Crippen LogP contribution in [0.3, 0.4) is 0 Å². The summed E-state index contributed by atoms with van der Waals surface area (Å²) in [4.78, 5) is 42.2. The Morgan fingerprint density at radius 1 is 1.33 bits per heavy atom. The van der Waals surface area contributed by atoms with Crippen LogP contribution in [0.15, 0.2) is 21.9 Å². The highest BCUT2D eigenvalue weighted by molar-refractivity contribution is 7.46. The van der Waals surface area contributed by atoms with Crippen LogP contribution >= 0.6 is 7.82 Å². The molecule has 1 aromatic heterocycles. The maximum absolute atomic E-state index is 11.7. The van der Waals surface area contributed by atoms with Gasteiger partial charge in [0.25, 0.3) is 5.56 Å². The van der Waals surface area contributed by atoms with Crippen molar-refractivity contribution in [2.24, 2.45) is 0 Å². The summed E-state index contributed by atoms with van der Waals surface area (Å²) in [6, 6.07) is 1.19. The first-order chi connectivity index (χ1) is 9.76. The van der Waals surface area contributed by atoms with Crippen LogP contribution in [0.4, 0.5) is 0 Å². The third-order valence-corrected chi connectivity index (χ3v) is 3.23. The van der Waals surface area contributed by atoms with Crippen LogP contribution in [-0.2, 0) is 13.8 Å². The zero-order valence-electron chi connectivity index (χ0n) is 11.8. The lowest BCUT2D eigenvalue weighted by atomic mass is 10.3. The van der Waals surface area contributed by atoms with Gasteiger partial charge in [0.1, 0.15) is 6.23 Å². The first-order valence-electron chi connectivity index (χ1n) is 6.43. The molecule has 0 unspecified atom stereocenters. The zero-order valence-corrected chi connectivity index (χ0v) is 12.7. The fraction of sp³-hybridized carbons (Fsp3) is 0.636. The number of aromatic amines is 1. The Balaban J connectivity index is 2.82. The topological polar surface area (TPSA) is 131 Å². The van der Waals surface area contributed by atoms with Gasteiger partial charge in [0.15, 0.2) is 0 Å². The second-order valence-corrected chi connectivity index (χ2v) is 5.57. The van der Waals surface area contributed by atoms with Gasteiger partial charge in [-0.2, -0.15) is 0 Å². The van der Waals surface area contributed by atoms with Gasteiger partial charge in [0.2, 0.25) is 0 Å². The smallest absolute Gasteiger partial charge is 0.352 e. The van der Waals surface area contributed by atoms with E-state index in [0.29, 0.717) is 12.8 Å². The Kier molecular flexibility index (Phi) is 6.50. The SMILES string of the molecule is CC[C@@H](COP(=O)(O)O)O[C@H](CC)n1ccc(=O)[nH]c1=O. The second-order valence-electron chi connectivity index (χ2n) is 4.33. The molecule has 120 valence electrons. The molecule has 0 saturated heterocycles. The summed E-state index contributed by atoms with van der Waals surface area (Å²) in [5, 5.41) is 0. The fourth-order valence-electron chi connectivity index (χ4n) is 1.67. The van der Waals surface area contributed by atoms with Crippen LogP contribution in [-0.4, -0.2) is 32.0 Å². The molecule has 0 amide bonds. The van der Waals surface area contributed by atoms with E-state index in [2.05, 4.69) is 9.51 Å². The average Bonchev–Trinajstić information content (AvgIpc) is 2.39. The second kappa shape index (κ2) is 7.67. The molecule has 0 spiro atoms. The molecule has 0 aliphatic rings. The summed E-state index contributed by atoms with van der Waals surface area (Å²) in [6.45, 7) is 3.24. The van der Waals surface area contributed by atoms with Gasteiger partial charge in [-0.1, -0.05) is 13.8 Å². The van der Waals surface area contributed by atoms with Crippen molar-refractivity contribution in [2.45, 2.75) is 39.0 Å². The largest absolute Gasteiger partial charge is 0.469 e. The van der Waals surface area contributed by atoms with E-state index >= 15 is 0 Å². The summed E-state index contributed by atoms with van der Waals surface area (Å²) in [7, 11) is -4.57. The predicted octanol–water partition coefficient (Wildman–Crippen LogP) is 0.350. The molecule has 0 fully saturated rings. The van der Waals surface area contributed by atoms with Crippen molar-refractivity contribution >= 4 is 7.82 Å². The summed E-state index contributed by atoms with van der Waals surface area (Å²) in [5.41, 5.74) is -1.12. The molecule has 3 N–H and O–H groups in total. The molecule has 9 nitrogen and oxygen atoms in total. The zero-order chi connectivity index (χ0) is 16.0.